The van der Waals surface area contributed by atoms with Crippen molar-refractivity contribution in [2.24, 2.45) is 5.92 Å². The maximum atomic E-state index is 12.8. The van der Waals surface area contributed by atoms with Crippen molar-refractivity contribution in [1.29, 1.82) is 0 Å². The molecule has 0 saturated carbocycles. The SMILES string of the molecule is CC(NC(=O)C1CCN(S(=O)(=O)c2ccc(Br)cc2)CC1)c1ccc(Cl)cc1. The van der Waals surface area contributed by atoms with E-state index in [0.717, 1.165) is 10.0 Å². The van der Waals surface area contributed by atoms with Crippen LogP contribution in [0.15, 0.2) is 57.9 Å². The predicted molar refractivity (Wildman–Crippen MR) is 114 cm³/mol. The summed E-state index contributed by atoms with van der Waals surface area (Å²) < 4.78 is 27.8. The Hall–Kier alpha value is -1.41. The van der Waals surface area contributed by atoms with E-state index in [0.29, 0.717) is 31.0 Å². The van der Waals surface area contributed by atoms with E-state index >= 15 is 0 Å². The van der Waals surface area contributed by atoms with Crippen LogP contribution in [0.5, 0.6) is 0 Å². The molecule has 150 valence electrons. The Kier molecular flexibility index (Phi) is 6.81. The van der Waals surface area contributed by atoms with Crippen LogP contribution in [0, 0.1) is 5.92 Å². The first-order valence-electron chi connectivity index (χ1n) is 9.09. The van der Waals surface area contributed by atoms with Gasteiger partial charge in [-0.05, 0) is 61.7 Å². The molecule has 2 aromatic carbocycles. The van der Waals surface area contributed by atoms with E-state index in [9.17, 15) is 13.2 Å². The highest BCUT2D eigenvalue weighted by atomic mass is 79.9. The molecule has 5 nitrogen and oxygen atoms in total. The fraction of sp³-hybridized carbons (Fsp3) is 0.350. The quantitative estimate of drug-likeness (QED) is 0.683. The molecule has 1 fully saturated rings. The molecule has 0 spiro atoms. The third kappa shape index (κ3) is 4.95. The zero-order chi connectivity index (χ0) is 20.3. The van der Waals surface area contributed by atoms with Crippen molar-refractivity contribution in [3.05, 3.63) is 63.6 Å². The number of hydrogen-bond donors (Lipinski definition) is 1. The van der Waals surface area contributed by atoms with Crippen molar-refractivity contribution in [1.82, 2.24) is 9.62 Å². The van der Waals surface area contributed by atoms with Crippen molar-refractivity contribution in [2.45, 2.75) is 30.7 Å². The van der Waals surface area contributed by atoms with Crippen molar-refractivity contribution in [2.75, 3.05) is 13.1 Å². The van der Waals surface area contributed by atoms with Gasteiger partial charge in [0, 0.05) is 28.5 Å². The Bertz CT molecular complexity index is 925. The van der Waals surface area contributed by atoms with Crippen LogP contribution in [0.1, 0.15) is 31.4 Å². The normalized spacial score (nSPS) is 17.2. The van der Waals surface area contributed by atoms with Crippen LogP contribution in [-0.2, 0) is 14.8 Å². The van der Waals surface area contributed by atoms with Crippen LogP contribution < -0.4 is 5.32 Å². The Labute approximate surface area is 179 Å². The Morgan fingerprint density at radius 1 is 1.11 bits per heavy atom. The minimum Gasteiger partial charge on any atom is -0.349 e. The van der Waals surface area contributed by atoms with Crippen LogP contribution in [0.2, 0.25) is 5.02 Å². The summed E-state index contributed by atoms with van der Waals surface area (Å²) in [4.78, 5) is 12.9. The van der Waals surface area contributed by atoms with Crippen molar-refractivity contribution >= 4 is 43.5 Å². The largest absolute Gasteiger partial charge is 0.349 e. The molecule has 1 atom stereocenters. The van der Waals surface area contributed by atoms with Crippen LogP contribution in [0.4, 0.5) is 0 Å². The standard InChI is InChI=1S/C20H22BrClN2O3S/c1-14(15-2-6-18(22)7-3-15)23-20(25)16-10-12-24(13-11-16)28(26,27)19-8-4-17(21)5-9-19/h2-9,14,16H,10-13H2,1H3,(H,23,25). The number of hydrogen-bond acceptors (Lipinski definition) is 3. The second-order valence-corrected chi connectivity index (χ2v) is 10.2. The number of benzene rings is 2. The molecule has 1 aliphatic heterocycles. The molecular weight excluding hydrogens is 464 g/mol. The number of sulfonamides is 1. The molecule has 1 unspecified atom stereocenters. The highest BCUT2D eigenvalue weighted by molar-refractivity contribution is 9.10. The Morgan fingerprint density at radius 3 is 2.25 bits per heavy atom. The molecule has 8 heteroatoms. The maximum absolute atomic E-state index is 12.8. The molecule has 1 N–H and O–H groups in total. The summed E-state index contributed by atoms with van der Waals surface area (Å²) in [5.74, 6) is -0.228. The van der Waals surface area contributed by atoms with Crippen LogP contribution in [0.3, 0.4) is 0 Å². The zero-order valence-electron chi connectivity index (χ0n) is 15.4. The average molecular weight is 486 g/mol. The summed E-state index contributed by atoms with van der Waals surface area (Å²) in [6.07, 6.45) is 1.02. The van der Waals surface area contributed by atoms with Crippen molar-refractivity contribution in [3.8, 4) is 0 Å². The molecule has 0 aromatic heterocycles. The number of nitrogens with zero attached hydrogens (tertiary/aromatic N) is 1. The van der Waals surface area contributed by atoms with Gasteiger partial charge in [-0.15, -0.1) is 0 Å². The van der Waals surface area contributed by atoms with Crippen molar-refractivity contribution < 1.29 is 13.2 Å². The average Bonchev–Trinajstić information content (AvgIpc) is 2.69. The molecule has 0 radical (unpaired) electrons. The number of carbonyl (C=O) groups excluding carboxylic acids is 1. The van der Waals surface area contributed by atoms with Gasteiger partial charge in [0.25, 0.3) is 0 Å². The molecule has 1 amide bonds. The number of amides is 1. The maximum Gasteiger partial charge on any atom is 0.243 e. The van der Waals surface area contributed by atoms with E-state index in [-0.39, 0.29) is 22.8 Å². The molecule has 3 rings (SSSR count). The van der Waals surface area contributed by atoms with E-state index in [4.69, 9.17) is 11.6 Å². The number of piperidine rings is 1. The highest BCUT2D eigenvalue weighted by Gasteiger charge is 2.32. The molecule has 28 heavy (non-hydrogen) atoms. The van der Waals surface area contributed by atoms with Gasteiger partial charge in [0.15, 0.2) is 0 Å². The van der Waals surface area contributed by atoms with Gasteiger partial charge in [-0.2, -0.15) is 4.31 Å². The minimum atomic E-state index is -3.53. The second kappa shape index (κ2) is 8.95. The van der Waals surface area contributed by atoms with Gasteiger partial charge in [0.05, 0.1) is 10.9 Å². The summed E-state index contributed by atoms with van der Waals surface area (Å²) in [5.41, 5.74) is 0.980. The molecular formula is C20H22BrClN2O3S. The van der Waals surface area contributed by atoms with Crippen LogP contribution >= 0.6 is 27.5 Å². The van der Waals surface area contributed by atoms with Crippen LogP contribution in [-0.4, -0.2) is 31.7 Å². The van der Waals surface area contributed by atoms with Gasteiger partial charge in [0.2, 0.25) is 15.9 Å². The van der Waals surface area contributed by atoms with E-state index < -0.39 is 10.0 Å². The summed E-state index contributed by atoms with van der Waals surface area (Å²) in [6, 6.07) is 13.8. The lowest BCUT2D eigenvalue weighted by atomic mass is 9.96. The van der Waals surface area contributed by atoms with Gasteiger partial charge in [-0.3, -0.25) is 4.79 Å². The fourth-order valence-electron chi connectivity index (χ4n) is 3.28. The summed E-state index contributed by atoms with van der Waals surface area (Å²) in [6.45, 7) is 2.60. The molecule has 1 aliphatic rings. The second-order valence-electron chi connectivity index (χ2n) is 6.91. The molecule has 2 aromatic rings. The van der Waals surface area contributed by atoms with E-state index in [1.165, 1.54) is 4.31 Å². The number of nitrogens with one attached hydrogen (secondary N) is 1. The zero-order valence-corrected chi connectivity index (χ0v) is 18.6. The highest BCUT2D eigenvalue weighted by Crippen LogP contribution is 2.26. The lowest BCUT2D eigenvalue weighted by molar-refractivity contribution is -0.126. The lowest BCUT2D eigenvalue weighted by Gasteiger charge is -2.31. The number of halogens is 2. The van der Waals surface area contributed by atoms with Gasteiger partial charge in [-0.1, -0.05) is 39.7 Å². The van der Waals surface area contributed by atoms with Crippen LogP contribution in [0.25, 0.3) is 0 Å². The van der Waals surface area contributed by atoms with Crippen molar-refractivity contribution in [3.63, 3.8) is 0 Å². The first-order valence-corrected chi connectivity index (χ1v) is 11.7. The smallest absolute Gasteiger partial charge is 0.243 e. The summed E-state index contributed by atoms with van der Waals surface area (Å²) >= 11 is 9.22. The lowest BCUT2D eigenvalue weighted by Crippen LogP contribution is -2.43. The van der Waals surface area contributed by atoms with Gasteiger partial charge in [-0.25, -0.2) is 8.42 Å². The Morgan fingerprint density at radius 2 is 1.68 bits per heavy atom. The predicted octanol–water partition coefficient (Wildman–Crippen LogP) is 4.38. The van der Waals surface area contributed by atoms with Gasteiger partial charge >= 0.3 is 0 Å². The number of carbonyl (C=O) groups is 1. The third-order valence-corrected chi connectivity index (χ3v) is 7.70. The Balaban J connectivity index is 1.57. The molecule has 0 aliphatic carbocycles. The fourth-order valence-corrected chi connectivity index (χ4v) is 5.14. The van der Waals surface area contributed by atoms with E-state index in [1.807, 2.05) is 19.1 Å². The minimum absolute atomic E-state index is 0.0388. The summed E-state index contributed by atoms with van der Waals surface area (Å²) in [5, 5.41) is 3.68. The van der Waals surface area contributed by atoms with E-state index in [1.54, 1.807) is 36.4 Å². The third-order valence-electron chi connectivity index (χ3n) is 5.00. The van der Waals surface area contributed by atoms with E-state index in [2.05, 4.69) is 21.2 Å². The molecule has 1 heterocycles. The topological polar surface area (TPSA) is 66.5 Å². The summed E-state index contributed by atoms with van der Waals surface area (Å²) in [7, 11) is -3.53. The molecule has 1 saturated heterocycles. The van der Waals surface area contributed by atoms with Gasteiger partial charge < -0.3 is 5.32 Å². The monoisotopic (exact) mass is 484 g/mol. The van der Waals surface area contributed by atoms with Gasteiger partial charge in [0.1, 0.15) is 0 Å². The molecule has 0 bridgehead atoms. The first-order chi connectivity index (χ1) is 13.3. The first kappa shape index (κ1) is 21.3. The number of rotatable bonds is 5.